The molecule has 5 heteroatoms. The minimum absolute atomic E-state index is 0.122. The van der Waals surface area contributed by atoms with Gasteiger partial charge in [0.05, 0.1) is 18.8 Å². The topological polar surface area (TPSA) is 78.2 Å². The molecule has 1 atom stereocenters. The summed E-state index contributed by atoms with van der Waals surface area (Å²) in [5.74, 6) is 0.761. The number of rotatable bonds is 5. The minimum atomic E-state index is -0.530. The van der Waals surface area contributed by atoms with Crippen LogP contribution in [-0.4, -0.2) is 17.8 Å². The third-order valence-electron chi connectivity index (χ3n) is 2.00. The van der Waals surface area contributed by atoms with Crippen LogP contribution in [-0.2, 0) is 0 Å². The summed E-state index contributed by atoms with van der Waals surface area (Å²) in [6.45, 7) is 3.70. The Morgan fingerprint density at radius 2 is 2.00 bits per heavy atom. The van der Waals surface area contributed by atoms with Gasteiger partial charge in [-0.1, -0.05) is 17.2 Å². The Labute approximate surface area is 94.3 Å². The maximum absolute atomic E-state index is 9.03. The van der Waals surface area contributed by atoms with Crippen LogP contribution in [0.2, 0.25) is 0 Å². The lowest BCUT2D eigenvalue weighted by Gasteiger charge is -2.12. The second-order valence-electron chi connectivity index (χ2n) is 3.64. The van der Waals surface area contributed by atoms with Gasteiger partial charge in [0, 0.05) is 4.91 Å². The van der Waals surface area contributed by atoms with Gasteiger partial charge in [-0.25, -0.2) is 0 Å². The van der Waals surface area contributed by atoms with E-state index >= 15 is 0 Å². The molecule has 0 heterocycles. The first-order valence-corrected chi connectivity index (χ1v) is 5.09. The quantitative estimate of drug-likeness (QED) is 0.471. The van der Waals surface area contributed by atoms with Gasteiger partial charge in [-0.2, -0.15) is 0 Å². The van der Waals surface area contributed by atoms with Crippen LogP contribution < -0.4 is 4.74 Å². The van der Waals surface area contributed by atoms with Crippen LogP contribution in [0.5, 0.6) is 5.75 Å². The maximum Gasteiger partial charge on any atom is 0.119 e. The van der Waals surface area contributed by atoms with Gasteiger partial charge in [-0.15, -0.1) is 0 Å². The summed E-state index contributed by atoms with van der Waals surface area (Å²) in [7, 11) is 0. The van der Waals surface area contributed by atoms with Gasteiger partial charge in [0.2, 0.25) is 0 Å². The van der Waals surface area contributed by atoms with Crippen LogP contribution in [0.1, 0.15) is 25.5 Å². The van der Waals surface area contributed by atoms with E-state index in [9.17, 15) is 0 Å². The Kier molecular flexibility index (Phi) is 4.64. The van der Waals surface area contributed by atoms with Crippen LogP contribution in [0.3, 0.4) is 0 Å². The standard InChI is InChI=1S/C11H15N3O2/c1-8(2)16-10-5-3-9(4-6-10)11(7-15)13-14-12/h3-6,8,11,15H,7H2,1-2H3. The van der Waals surface area contributed by atoms with E-state index in [0.717, 1.165) is 11.3 Å². The number of azide groups is 1. The first-order chi connectivity index (χ1) is 7.67. The molecule has 0 saturated heterocycles. The van der Waals surface area contributed by atoms with E-state index in [1.165, 1.54) is 0 Å². The molecule has 0 amide bonds. The molecule has 0 aliphatic carbocycles. The Morgan fingerprint density at radius 1 is 1.38 bits per heavy atom. The summed E-state index contributed by atoms with van der Waals surface area (Å²) in [6, 6.07) is 6.63. The van der Waals surface area contributed by atoms with Crippen molar-refractivity contribution in [2.45, 2.75) is 26.0 Å². The third kappa shape index (κ3) is 3.46. The summed E-state index contributed by atoms with van der Waals surface area (Å²) < 4.78 is 5.48. The number of aliphatic hydroxyl groups is 1. The van der Waals surface area contributed by atoms with E-state index in [1.54, 1.807) is 24.3 Å². The van der Waals surface area contributed by atoms with E-state index in [0.29, 0.717) is 0 Å². The molecule has 16 heavy (non-hydrogen) atoms. The third-order valence-corrected chi connectivity index (χ3v) is 2.00. The molecule has 0 radical (unpaired) electrons. The van der Waals surface area contributed by atoms with Crippen molar-refractivity contribution in [3.05, 3.63) is 40.3 Å². The first kappa shape index (κ1) is 12.4. The molecule has 1 aromatic rings. The molecule has 0 saturated carbocycles. The molecular formula is C11H15N3O2. The highest BCUT2D eigenvalue weighted by Crippen LogP contribution is 2.21. The van der Waals surface area contributed by atoms with E-state index in [4.69, 9.17) is 15.4 Å². The first-order valence-electron chi connectivity index (χ1n) is 5.09. The second-order valence-corrected chi connectivity index (χ2v) is 3.64. The zero-order valence-electron chi connectivity index (χ0n) is 9.37. The lowest BCUT2D eigenvalue weighted by Crippen LogP contribution is -2.06. The zero-order chi connectivity index (χ0) is 12.0. The summed E-state index contributed by atoms with van der Waals surface area (Å²) in [6.07, 6.45) is 0.122. The molecule has 1 N–H and O–H groups in total. The lowest BCUT2D eigenvalue weighted by atomic mass is 10.1. The average molecular weight is 221 g/mol. The number of benzene rings is 1. The molecule has 0 aliphatic rings. The summed E-state index contributed by atoms with van der Waals surface area (Å²) in [4.78, 5) is 2.69. The lowest BCUT2D eigenvalue weighted by molar-refractivity contribution is 0.242. The monoisotopic (exact) mass is 221 g/mol. The zero-order valence-corrected chi connectivity index (χ0v) is 9.37. The van der Waals surface area contributed by atoms with Crippen LogP contribution in [0, 0.1) is 0 Å². The molecule has 1 unspecified atom stereocenters. The fourth-order valence-electron chi connectivity index (χ4n) is 1.31. The van der Waals surface area contributed by atoms with Crippen molar-refractivity contribution >= 4 is 0 Å². The Morgan fingerprint density at radius 3 is 2.44 bits per heavy atom. The molecule has 1 rings (SSSR count). The molecule has 1 aromatic carbocycles. The van der Waals surface area contributed by atoms with Crippen molar-refractivity contribution in [2.75, 3.05) is 6.61 Å². The normalized spacial score (nSPS) is 12.0. The Hall–Kier alpha value is -1.71. The van der Waals surface area contributed by atoms with Crippen LogP contribution in [0.4, 0.5) is 0 Å². The van der Waals surface area contributed by atoms with Crippen molar-refractivity contribution in [1.82, 2.24) is 0 Å². The molecule has 0 aliphatic heterocycles. The Balaban J connectivity index is 2.80. The van der Waals surface area contributed by atoms with E-state index in [2.05, 4.69) is 10.0 Å². The van der Waals surface area contributed by atoms with Crippen molar-refractivity contribution in [2.24, 2.45) is 5.11 Å². The minimum Gasteiger partial charge on any atom is -0.491 e. The van der Waals surface area contributed by atoms with Crippen LogP contribution in [0.25, 0.3) is 10.4 Å². The summed E-state index contributed by atoms with van der Waals surface area (Å²) >= 11 is 0. The van der Waals surface area contributed by atoms with Gasteiger partial charge in [0.25, 0.3) is 0 Å². The van der Waals surface area contributed by atoms with Gasteiger partial charge in [0.1, 0.15) is 5.75 Å². The maximum atomic E-state index is 9.03. The highest BCUT2D eigenvalue weighted by molar-refractivity contribution is 5.29. The molecule has 0 aromatic heterocycles. The summed E-state index contributed by atoms with van der Waals surface area (Å²) in [5.41, 5.74) is 9.10. The highest BCUT2D eigenvalue weighted by atomic mass is 16.5. The van der Waals surface area contributed by atoms with Gasteiger partial charge < -0.3 is 9.84 Å². The van der Waals surface area contributed by atoms with Crippen molar-refractivity contribution < 1.29 is 9.84 Å². The molecular weight excluding hydrogens is 206 g/mol. The van der Waals surface area contributed by atoms with Gasteiger partial charge in [-0.05, 0) is 37.1 Å². The largest absolute Gasteiger partial charge is 0.491 e. The van der Waals surface area contributed by atoms with Crippen molar-refractivity contribution in [1.29, 1.82) is 0 Å². The fourth-order valence-corrected chi connectivity index (χ4v) is 1.31. The summed E-state index contributed by atoms with van der Waals surface area (Å²) in [5, 5.41) is 12.5. The van der Waals surface area contributed by atoms with Crippen LogP contribution in [0.15, 0.2) is 29.4 Å². The van der Waals surface area contributed by atoms with Gasteiger partial charge >= 0.3 is 0 Å². The average Bonchev–Trinajstić information content (AvgIpc) is 2.26. The number of hydrogen-bond donors (Lipinski definition) is 1. The van der Waals surface area contributed by atoms with Crippen LogP contribution >= 0.6 is 0 Å². The smallest absolute Gasteiger partial charge is 0.119 e. The Bertz CT molecular complexity index is 369. The molecule has 0 spiro atoms. The van der Waals surface area contributed by atoms with Crippen molar-refractivity contribution in [3.63, 3.8) is 0 Å². The van der Waals surface area contributed by atoms with Crippen molar-refractivity contribution in [3.8, 4) is 5.75 Å². The fraction of sp³-hybridized carbons (Fsp3) is 0.455. The molecule has 5 nitrogen and oxygen atoms in total. The second kappa shape index (κ2) is 6.00. The highest BCUT2D eigenvalue weighted by Gasteiger charge is 2.07. The predicted octanol–water partition coefficient (Wildman–Crippen LogP) is 2.82. The number of ether oxygens (including phenoxy) is 1. The number of nitrogens with zero attached hydrogens (tertiary/aromatic N) is 3. The van der Waals surface area contributed by atoms with E-state index < -0.39 is 6.04 Å². The molecule has 0 bridgehead atoms. The van der Waals surface area contributed by atoms with Gasteiger partial charge in [-0.3, -0.25) is 0 Å². The number of aliphatic hydroxyl groups excluding tert-OH is 1. The van der Waals surface area contributed by atoms with E-state index in [-0.39, 0.29) is 12.7 Å². The van der Waals surface area contributed by atoms with Gasteiger partial charge in [0.15, 0.2) is 0 Å². The predicted molar refractivity (Wildman–Crippen MR) is 61.2 cm³/mol. The number of hydrogen-bond acceptors (Lipinski definition) is 3. The van der Waals surface area contributed by atoms with E-state index in [1.807, 2.05) is 13.8 Å². The molecule has 0 fully saturated rings. The SMILES string of the molecule is CC(C)Oc1ccc(C(CO)N=[N+]=[N-])cc1. The molecule has 86 valence electrons.